The molecule has 0 saturated heterocycles. The number of fused-ring (bicyclic) bond motifs is 1. The summed E-state index contributed by atoms with van der Waals surface area (Å²) in [5.74, 6) is 2.61. The summed E-state index contributed by atoms with van der Waals surface area (Å²) in [4.78, 5) is 14.9. The number of carbonyl (C=O) groups excluding carboxylic acids is 1. The van der Waals surface area contributed by atoms with E-state index in [1.54, 1.807) is 28.4 Å². The van der Waals surface area contributed by atoms with E-state index in [-0.39, 0.29) is 18.6 Å². The molecule has 196 valence electrons. The molecule has 0 N–H and O–H groups in total. The van der Waals surface area contributed by atoms with E-state index >= 15 is 0 Å². The topological polar surface area (TPSA) is 66.5 Å². The SMILES string of the molecule is COc1ccc(CC2c3cc(OC)c(OC)cc3CCN2CCC(=O)OCc2ccccc2)cc1OC. The molecule has 0 aliphatic carbocycles. The molecule has 1 aliphatic rings. The van der Waals surface area contributed by atoms with Gasteiger partial charge in [0.25, 0.3) is 0 Å². The number of benzene rings is 3. The van der Waals surface area contributed by atoms with Crippen LogP contribution in [0.4, 0.5) is 0 Å². The molecule has 0 aromatic heterocycles. The van der Waals surface area contributed by atoms with Crippen LogP contribution in [0.1, 0.15) is 34.7 Å². The van der Waals surface area contributed by atoms with Crippen molar-refractivity contribution in [2.75, 3.05) is 41.5 Å². The number of rotatable bonds is 11. The second-order valence-corrected chi connectivity index (χ2v) is 9.00. The Morgan fingerprint density at radius 3 is 2.19 bits per heavy atom. The Hall–Kier alpha value is -3.71. The first kappa shape index (κ1) is 26.4. The average Bonchev–Trinajstić information content (AvgIpc) is 2.95. The van der Waals surface area contributed by atoms with Gasteiger partial charge < -0.3 is 23.7 Å². The van der Waals surface area contributed by atoms with Gasteiger partial charge in [-0.05, 0) is 59.4 Å². The maximum absolute atomic E-state index is 12.6. The van der Waals surface area contributed by atoms with Crippen molar-refractivity contribution < 1.29 is 28.5 Å². The third kappa shape index (κ3) is 6.35. The van der Waals surface area contributed by atoms with Crippen LogP contribution >= 0.6 is 0 Å². The van der Waals surface area contributed by atoms with E-state index in [2.05, 4.69) is 23.1 Å². The molecule has 0 fully saturated rings. The summed E-state index contributed by atoms with van der Waals surface area (Å²) in [5, 5.41) is 0. The molecule has 1 heterocycles. The van der Waals surface area contributed by atoms with Gasteiger partial charge in [0, 0.05) is 19.1 Å². The molecular weight excluding hydrogens is 470 g/mol. The van der Waals surface area contributed by atoms with Crippen LogP contribution in [-0.4, -0.2) is 52.4 Å². The van der Waals surface area contributed by atoms with Gasteiger partial charge in [-0.25, -0.2) is 0 Å². The van der Waals surface area contributed by atoms with Gasteiger partial charge in [-0.3, -0.25) is 9.69 Å². The highest BCUT2D eigenvalue weighted by molar-refractivity contribution is 5.69. The summed E-state index contributed by atoms with van der Waals surface area (Å²) >= 11 is 0. The van der Waals surface area contributed by atoms with Gasteiger partial charge in [-0.2, -0.15) is 0 Å². The number of ether oxygens (including phenoxy) is 5. The van der Waals surface area contributed by atoms with Crippen LogP contribution in [0.2, 0.25) is 0 Å². The predicted molar refractivity (Wildman–Crippen MR) is 142 cm³/mol. The molecule has 1 unspecified atom stereocenters. The Kier molecular flexibility index (Phi) is 8.90. The lowest BCUT2D eigenvalue weighted by atomic mass is 9.88. The minimum atomic E-state index is -0.202. The predicted octanol–water partition coefficient (Wildman–Crippen LogP) is 5.00. The van der Waals surface area contributed by atoms with Crippen LogP contribution in [0, 0.1) is 0 Å². The van der Waals surface area contributed by atoms with E-state index in [1.807, 2.05) is 42.5 Å². The van der Waals surface area contributed by atoms with E-state index in [1.165, 1.54) is 11.1 Å². The zero-order chi connectivity index (χ0) is 26.2. The van der Waals surface area contributed by atoms with Crippen molar-refractivity contribution in [3.63, 3.8) is 0 Å². The molecule has 37 heavy (non-hydrogen) atoms. The van der Waals surface area contributed by atoms with Crippen LogP contribution in [-0.2, 0) is 29.0 Å². The van der Waals surface area contributed by atoms with Crippen molar-refractivity contribution in [3.8, 4) is 23.0 Å². The van der Waals surface area contributed by atoms with Crippen molar-refractivity contribution in [1.82, 2.24) is 4.90 Å². The Morgan fingerprint density at radius 2 is 1.49 bits per heavy atom. The van der Waals surface area contributed by atoms with Crippen LogP contribution in [0.3, 0.4) is 0 Å². The molecule has 0 bridgehead atoms. The van der Waals surface area contributed by atoms with E-state index in [0.717, 1.165) is 36.3 Å². The first-order chi connectivity index (χ1) is 18.1. The van der Waals surface area contributed by atoms with Gasteiger partial charge in [0.1, 0.15) is 6.61 Å². The summed E-state index contributed by atoms with van der Waals surface area (Å²) in [7, 11) is 6.58. The molecule has 7 nitrogen and oxygen atoms in total. The lowest BCUT2D eigenvalue weighted by Crippen LogP contribution is -2.38. The van der Waals surface area contributed by atoms with E-state index in [4.69, 9.17) is 23.7 Å². The summed E-state index contributed by atoms with van der Waals surface area (Å²) in [6.45, 7) is 1.71. The number of hydrogen-bond acceptors (Lipinski definition) is 7. The van der Waals surface area contributed by atoms with Crippen LogP contribution < -0.4 is 18.9 Å². The molecule has 0 radical (unpaired) electrons. The first-order valence-corrected chi connectivity index (χ1v) is 12.5. The molecule has 0 saturated carbocycles. The maximum atomic E-state index is 12.6. The van der Waals surface area contributed by atoms with Gasteiger partial charge in [0.05, 0.1) is 34.9 Å². The number of hydrogen-bond donors (Lipinski definition) is 0. The normalized spacial score (nSPS) is 15.0. The van der Waals surface area contributed by atoms with Crippen molar-refractivity contribution in [2.45, 2.75) is 31.9 Å². The highest BCUT2D eigenvalue weighted by atomic mass is 16.5. The van der Waals surface area contributed by atoms with E-state index in [0.29, 0.717) is 30.2 Å². The third-order valence-electron chi connectivity index (χ3n) is 6.84. The van der Waals surface area contributed by atoms with Crippen molar-refractivity contribution in [3.05, 3.63) is 82.9 Å². The van der Waals surface area contributed by atoms with E-state index < -0.39 is 0 Å². The van der Waals surface area contributed by atoms with Crippen molar-refractivity contribution in [2.24, 2.45) is 0 Å². The molecule has 1 atom stereocenters. The van der Waals surface area contributed by atoms with Crippen LogP contribution in [0.5, 0.6) is 23.0 Å². The first-order valence-electron chi connectivity index (χ1n) is 12.5. The summed E-state index contributed by atoms with van der Waals surface area (Å²) < 4.78 is 27.7. The van der Waals surface area contributed by atoms with E-state index in [9.17, 15) is 4.79 Å². The van der Waals surface area contributed by atoms with Gasteiger partial charge in [-0.1, -0.05) is 36.4 Å². The van der Waals surface area contributed by atoms with Gasteiger partial charge in [0.15, 0.2) is 23.0 Å². The standard InChI is InChI=1S/C30H35NO6/c1-33-26-11-10-22(17-27(26)34-2)16-25-24-19-29(36-4)28(35-3)18-23(24)12-14-31(25)15-13-30(32)37-20-21-8-6-5-7-9-21/h5-11,17-19,25H,12-16,20H2,1-4H3. The van der Waals surface area contributed by atoms with Crippen LogP contribution in [0.25, 0.3) is 0 Å². The number of esters is 1. The molecule has 4 rings (SSSR count). The summed E-state index contributed by atoms with van der Waals surface area (Å²) in [6, 6.07) is 19.9. The fraction of sp³-hybridized carbons (Fsp3) is 0.367. The zero-order valence-corrected chi connectivity index (χ0v) is 22.0. The smallest absolute Gasteiger partial charge is 0.307 e. The monoisotopic (exact) mass is 505 g/mol. The molecule has 0 amide bonds. The fourth-order valence-electron chi connectivity index (χ4n) is 4.86. The molecule has 7 heteroatoms. The van der Waals surface area contributed by atoms with Crippen molar-refractivity contribution in [1.29, 1.82) is 0 Å². The minimum absolute atomic E-state index is 0.0450. The van der Waals surface area contributed by atoms with Crippen LogP contribution in [0.15, 0.2) is 60.7 Å². The Morgan fingerprint density at radius 1 is 0.811 bits per heavy atom. The number of nitrogens with zero attached hydrogens (tertiary/aromatic N) is 1. The highest BCUT2D eigenvalue weighted by Crippen LogP contribution is 2.40. The molecular formula is C30H35NO6. The average molecular weight is 506 g/mol. The molecule has 3 aromatic carbocycles. The number of methoxy groups -OCH3 is 4. The van der Waals surface area contributed by atoms with Gasteiger partial charge >= 0.3 is 5.97 Å². The zero-order valence-electron chi connectivity index (χ0n) is 22.0. The molecule has 1 aliphatic heterocycles. The Balaban J connectivity index is 1.55. The quantitative estimate of drug-likeness (QED) is 0.340. The minimum Gasteiger partial charge on any atom is -0.493 e. The van der Waals surface area contributed by atoms with Gasteiger partial charge in [-0.15, -0.1) is 0 Å². The summed E-state index contributed by atoms with van der Waals surface area (Å²) in [5.41, 5.74) is 4.50. The highest BCUT2D eigenvalue weighted by Gasteiger charge is 2.30. The lowest BCUT2D eigenvalue weighted by Gasteiger charge is -2.38. The Labute approximate surface area is 218 Å². The molecule has 0 spiro atoms. The maximum Gasteiger partial charge on any atom is 0.307 e. The lowest BCUT2D eigenvalue weighted by molar-refractivity contribution is -0.145. The number of carbonyl (C=O) groups is 1. The molecule has 3 aromatic rings. The third-order valence-corrected chi connectivity index (χ3v) is 6.84. The largest absolute Gasteiger partial charge is 0.493 e. The van der Waals surface area contributed by atoms with Gasteiger partial charge in [0.2, 0.25) is 0 Å². The summed E-state index contributed by atoms with van der Waals surface area (Å²) in [6.07, 6.45) is 1.91. The Bertz CT molecular complexity index is 1200. The second-order valence-electron chi connectivity index (χ2n) is 9.00. The fourth-order valence-corrected chi connectivity index (χ4v) is 4.86. The van der Waals surface area contributed by atoms with Crippen molar-refractivity contribution >= 4 is 5.97 Å². The second kappa shape index (κ2) is 12.5.